The highest BCUT2D eigenvalue weighted by Crippen LogP contribution is 2.14. The van der Waals surface area contributed by atoms with Gasteiger partial charge in [0, 0.05) is 0 Å². The summed E-state index contributed by atoms with van der Waals surface area (Å²) in [4.78, 5) is 10.4. The monoisotopic (exact) mass is 206 g/mol. The van der Waals surface area contributed by atoms with Gasteiger partial charge in [-0.25, -0.2) is 0 Å². The SMILES string of the molecule is C=C(CC(=O)O)Cc1ccc(OC)cc1. The quantitative estimate of drug-likeness (QED) is 0.752. The van der Waals surface area contributed by atoms with Gasteiger partial charge in [-0.15, -0.1) is 0 Å². The van der Waals surface area contributed by atoms with E-state index in [4.69, 9.17) is 9.84 Å². The molecule has 0 aromatic heterocycles. The molecule has 0 saturated heterocycles. The van der Waals surface area contributed by atoms with Gasteiger partial charge < -0.3 is 9.84 Å². The summed E-state index contributed by atoms with van der Waals surface area (Å²) in [6.07, 6.45) is 0.613. The van der Waals surface area contributed by atoms with Crippen LogP contribution in [-0.4, -0.2) is 18.2 Å². The van der Waals surface area contributed by atoms with Gasteiger partial charge >= 0.3 is 5.97 Å². The summed E-state index contributed by atoms with van der Waals surface area (Å²) >= 11 is 0. The first-order valence-corrected chi connectivity index (χ1v) is 4.63. The zero-order valence-electron chi connectivity index (χ0n) is 8.69. The van der Waals surface area contributed by atoms with Crippen LogP contribution in [0.25, 0.3) is 0 Å². The highest BCUT2D eigenvalue weighted by molar-refractivity contribution is 5.69. The summed E-state index contributed by atoms with van der Waals surface area (Å²) in [5.74, 6) is -0.0453. The van der Waals surface area contributed by atoms with Gasteiger partial charge in [0.1, 0.15) is 5.75 Å². The molecule has 0 bridgehead atoms. The molecule has 0 unspecified atom stereocenters. The fourth-order valence-corrected chi connectivity index (χ4v) is 1.31. The molecule has 80 valence electrons. The molecule has 0 amide bonds. The summed E-state index contributed by atoms with van der Waals surface area (Å²) in [7, 11) is 1.61. The number of carboxylic acids is 1. The molecule has 0 heterocycles. The Kier molecular flexibility index (Phi) is 3.92. The average molecular weight is 206 g/mol. The Hall–Kier alpha value is -1.77. The normalized spacial score (nSPS) is 9.67. The van der Waals surface area contributed by atoms with Crippen molar-refractivity contribution in [2.45, 2.75) is 12.8 Å². The number of benzene rings is 1. The third-order valence-electron chi connectivity index (χ3n) is 2.01. The van der Waals surface area contributed by atoms with E-state index in [-0.39, 0.29) is 6.42 Å². The van der Waals surface area contributed by atoms with Gasteiger partial charge in [0.05, 0.1) is 13.5 Å². The Morgan fingerprint density at radius 1 is 1.40 bits per heavy atom. The van der Waals surface area contributed by atoms with Crippen LogP contribution in [-0.2, 0) is 11.2 Å². The lowest BCUT2D eigenvalue weighted by Gasteiger charge is -2.04. The van der Waals surface area contributed by atoms with Crippen molar-refractivity contribution in [3.8, 4) is 5.75 Å². The maximum absolute atomic E-state index is 10.4. The molecule has 0 spiro atoms. The molecule has 0 aliphatic rings. The third kappa shape index (κ3) is 3.85. The highest BCUT2D eigenvalue weighted by atomic mass is 16.5. The predicted octanol–water partition coefficient (Wildman–Crippen LogP) is 2.27. The molecular weight excluding hydrogens is 192 g/mol. The lowest BCUT2D eigenvalue weighted by atomic mass is 10.0. The van der Waals surface area contributed by atoms with Crippen molar-refractivity contribution < 1.29 is 14.6 Å². The van der Waals surface area contributed by atoms with Gasteiger partial charge in [-0.3, -0.25) is 4.79 Å². The van der Waals surface area contributed by atoms with E-state index in [1.807, 2.05) is 24.3 Å². The standard InChI is InChI=1S/C12H14O3/c1-9(8-12(13)14)7-10-3-5-11(15-2)6-4-10/h3-6H,1,7-8H2,2H3,(H,13,14). The van der Waals surface area contributed by atoms with Crippen molar-refractivity contribution in [2.75, 3.05) is 7.11 Å². The molecule has 1 aromatic carbocycles. The lowest BCUT2D eigenvalue weighted by molar-refractivity contribution is -0.136. The van der Waals surface area contributed by atoms with E-state index >= 15 is 0 Å². The van der Waals surface area contributed by atoms with Crippen molar-refractivity contribution >= 4 is 5.97 Å². The number of rotatable bonds is 5. The molecule has 0 saturated carbocycles. The van der Waals surface area contributed by atoms with Gasteiger partial charge in [-0.2, -0.15) is 0 Å². The highest BCUT2D eigenvalue weighted by Gasteiger charge is 2.02. The molecule has 3 nitrogen and oxygen atoms in total. The zero-order chi connectivity index (χ0) is 11.3. The first kappa shape index (κ1) is 11.3. The largest absolute Gasteiger partial charge is 0.497 e. The second-order valence-corrected chi connectivity index (χ2v) is 3.35. The summed E-state index contributed by atoms with van der Waals surface area (Å²) in [6, 6.07) is 7.52. The van der Waals surface area contributed by atoms with Gasteiger partial charge in [0.25, 0.3) is 0 Å². The minimum absolute atomic E-state index is 0.0199. The summed E-state index contributed by atoms with van der Waals surface area (Å²) in [6.45, 7) is 3.72. The number of hydrogen-bond acceptors (Lipinski definition) is 2. The summed E-state index contributed by atoms with van der Waals surface area (Å²) in [5.41, 5.74) is 1.75. The molecule has 0 aliphatic carbocycles. The molecule has 0 atom stereocenters. The van der Waals surface area contributed by atoms with Crippen molar-refractivity contribution in [1.29, 1.82) is 0 Å². The number of hydrogen-bond donors (Lipinski definition) is 1. The minimum atomic E-state index is -0.839. The molecule has 1 rings (SSSR count). The van der Waals surface area contributed by atoms with Crippen LogP contribution in [0.5, 0.6) is 5.75 Å². The number of aliphatic carboxylic acids is 1. The molecule has 0 aliphatic heterocycles. The van der Waals surface area contributed by atoms with Gasteiger partial charge in [-0.1, -0.05) is 24.3 Å². The van der Waals surface area contributed by atoms with Crippen LogP contribution in [0.15, 0.2) is 36.4 Å². The van der Waals surface area contributed by atoms with E-state index in [1.165, 1.54) is 0 Å². The number of carboxylic acid groups (broad SMARTS) is 1. The molecule has 0 radical (unpaired) electrons. The fourth-order valence-electron chi connectivity index (χ4n) is 1.31. The maximum Gasteiger partial charge on any atom is 0.307 e. The molecule has 0 fully saturated rings. The molecular formula is C12H14O3. The van der Waals surface area contributed by atoms with Gasteiger partial charge in [-0.05, 0) is 24.1 Å². The van der Waals surface area contributed by atoms with Crippen LogP contribution < -0.4 is 4.74 Å². The van der Waals surface area contributed by atoms with E-state index in [0.29, 0.717) is 12.0 Å². The first-order valence-electron chi connectivity index (χ1n) is 4.63. The maximum atomic E-state index is 10.4. The summed E-state index contributed by atoms with van der Waals surface area (Å²) < 4.78 is 5.02. The van der Waals surface area contributed by atoms with Crippen molar-refractivity contribution in [1.82, 2.24) is 0 Å². The van der Waals surface area contributed by atoms with E-state index in [9.17, 15) is 4.79 Å². The van der Waals surface area contributed by atoms with Crippen LogP contribution in [0.2, 0.25) is 0 Å². The smallest absolute Gasteiger partial charge is 0.307 e. The van der Waals surface area contributed by atoms with Crippen LogP contribution in [0.1, 0.15) is 12.0 Å². The topological polar surface area (TPSA) is 46.5 Å². The molecule has 3 heteroatoms. The Morgan fingerprint density at radius 2 is 2.00 bits per heavy atom. The Bertz CT molecular complexity index is 352. The van der Waals surface area contributed by atoms with Crippen LogP contribution in [0, 0.1) is 0 Å². The molecule has 1 aromatic rings. The van der Waals surface area contributed by atoms with Crippen molar-refractivity contribution in [3.63, 3.8) is 0 Å². The Morgan fingerprint density at radius 3 is 2.47 bits per heavy atom. The summed E-state index contributed by atoms with van der Waals surface area (Å²) in [5, 5.41) is 8.56. The number of methoxy groups -OCH3 is 1. The Balaban J connectivity index is 2.57. The number of carbonyl (C=O) groups is 1. The van der Waals surface area contributed by atoms with Crippen molar-refractivity contribution in [2.24, 2.45) is 0 Å². The van der Waals surface area contributed by atoms with Crippen LogP contribution in [0.4, 0.5) is 0 Å². The minimum Gasteiger partial charge on any atom is -0.497 e. The van der Waals surface area contributed by atoms with Crippen molar-refractivity contribution in [3.05, 3.63) is 42.0 Å². The van der Waals surface area contributed by atoms with Crippen LogP contribution >= 0.6 is 0 Å². The van der Waals surface area contributed by atoms with Gasteiger partial charge in [0.15, 0.2) is 0 Å². The predicted molar refractivity (Wildman–Crippen MR) is 58.1 cm³/mol. The molecule has 1 N–H and O–H groups in total. The Labute approximate surface area is 89.0 Å². The fraction of sp³-hybridized carbons (Fsp3) is 0.250. The van der Waals surface area contributed by atoms with E-state index in [1.54, 1.807) is 7.11 Å². The van der Waals surface area contributed by atoms with E-state index in [2.05, 4.69) is 6.58 Å². The average Bonchev–Trinajstić information content (AvgIpc) is 2.17. The third-order valence-corrected chi connectivity index (χ3v) is 2.01. The first-order chi connectivity index (χ1) is 7.11. The zero-order valence-corrected chi connectivity index (χ0v) is 8.69. The number of ether oxygens (including phenoxy) is 1. The lowest BCUT2D eigenvalue weighted by Crippen LogP contribution is -1.99. The van der Waals surface area contributed by atoms with E-state index < -0.39 is 5.97 Å². The second kappa shape index (κ2) is 5.20. The van der Waals surface area contributed by atoms with Gasteiger partial charge in [0.2, 0.25) is 0 Å². The van der Waals surface area contributed by atoms with E-state index in [0.717, 1.165) is 11.3 Å². The van der Waals surface area contributed by atoms with Crippen LogP contribution in [0.3, 0.4) is 0 Å². The molecule has 15 heavy (non-hydrogen) atoms. The second-order valence-electron chi connectivity index (χ2n) is 3.35.